The van der Waals surface area contributed by atoms with E-state index in [2.05, 4.69) is 21.7 Å². The van der Waals surface area contributed by atoms with E-state index in [-0.39, 0.29) is 5.91 Å². The number of rotatable bonds is 5. The van der Waals surface area contributed by atoms with Gasteiger partial charge in [-0.3, -0.25) is 4.79 Å². The predicted molar refractivity (Wildman–Crippen MR) is 90.9 cm³/mol. The standard InChI is InChI=1S/C18H24N4O2/c1-3-21-13-19-20-18(21)15-7-9-22(10-8-15)17(23)12-14-5-4-6-16(11-14)24-2/h4-6,11,13,15H,3,7-10,12H2,1-2H3. The topological polar surface area (TPSA) is 60.2 Å². The van der Waals surface area contributed by atoms with Crippen LogP contribution in [0.25, 0.3) is 0 Å². The molecule has 0 bridgehead atoms. The van der Waals surface area contributed by atoms with Crippen molar-refractivity contribution in [2.24, 2.45) is 0 Å². The molecular weight excluding hydrogens is 304 g/mol. The van der Waals surface area contributed by atoms with Gasteiger partial charge in [0.1, 0.15) is 17.9 Å². The van der Waals surface area contributed by atoms with Gasteiger partial charge in [0.2, 0.25) is 5.91 Å². The van der Waals surface area contributed by atoms with Gasteiger partial charge >= 0.3 is 0 Å². The summed E-state index contributed by atoms with van der Waals surface area (Å²) in [5.74, 6) is 2.42. The van der Waals surface area contributed by atoms with Crippen molar-refractivity contribution < 1.29 is 9.53 Å². The molecule has 2 heterocycles. The lowest BCUT2D eigenvalue weighted by atomic mass is 9.95. The summed E-state index contributed by atoms with van der Waals surface area (Å²) >= 11 is 0. The molecule has 24 heavy (non-hydrogen) atoms. The van der Waals surface area contributed by atoms with Gasteiger partial charge in [-0.15, -0.1) is 10.2 Å². The third kappa shape index (κ3) is 3.58. The molecule has 3 rings (SSSR count). The van der Waals surface area contributed by atoms with Gasteiger partial charge in [-0.05, 0) is 37.5 Å². The fraction of sp³-hybridized carbons (Fsp3) is 0.500. The fourth-order valence-electron chi connectivity index (χ4n) is 3.28. The molecule has 0 saturated carbocycles. The number of aromatic nitrogens is 3. The summed E-state index contributed by atoms with van der Waals surface area (Å²) < 4.78 is 7.31. The van der Waals surface area contributed by atoms with Gasteiger partial charge < -0.3 is 14.2 Å². The second-order valence-corrected chi connectivity index (χ2v) is 6.16. The van der Waals surface area contributed by atoms with Gasteiger partial charge in [-0.1, -0.05) is 12.1 Å². The lowest BCUT2D eigenvalue weighted by Gasteiger charge is -2.31. The van der Waals surface area contributed by atoms with E-state index in [9.17, 15) is 4.79 Å². The van der Waals surface area contributed by atoms with Crippen LogP contribution < -0.4 is 4.74 Å². The number of methoxy groups -OCH3 is 1. The molecule has 1 saturated heterocycles. The van der Waals surface area contributed by atoms with Crippen LogP contribution in [0.15, 0.2) is 30.6 Å². The summed E-state index contributed by atoms with van der Waals surface area (Å²) in [5, 5.41) is 8.28. The molecule has 6 nitrogen and oxygen atoms in total. The monoisotopic (exact) mass is 328 g/mol. The highest BCUT2D eigenvalue weighted by atomic mass is 16.5. The highest BCUT2D eigenvalue weighted by Gasteiger charge is 2.26. The quantitative estimate of drug-likeness (QED) is 0.845. The number of hydrogen-bond donors (Lipinski definition) is 0. The Hall–Kier alpha value is -2.37. The molecule has 0 aliphatic carbocycles. The Morgan fingerprint density at radius 2 is 2.12 bits per heavy atom. The molecule has 0 N–H and O–H groups in total. The number of likely N-dealkylation sites (tertiary alicyclic amines) is 1. The number of aryl methyl sites for hydroxylation is 1. The molecule has 0 radical (unpaired) electrons. The molecule has 1 fully saturated rings. The van der Waals surface area contributed by atoms with Gasteiger partial charge in [0.25, 0.3) is 0 Å². The van der Waals surface area contributed by atoms with Crippen molar-refractivity contribution in [3.63, 3.8) is 0 Å². The first kappa shape index (κ1) is 16.5. The summed E-state index contributed by atoms with van der Waals surface area (Å²) in [5.41, 5.74) is 0.993. The molecule has 1 amide bonds. The van der Waals surface area contributed by atoms with Gasteiger partial charge in [-0.25, -0.2) is 0 Å². The van der Waals surface area contributed by atoms with Crippen LogP contribution in [0.1, 0.15) is 37.1 Å². The Balaban J connectivity index is 1.57. The number of amides is 1. The maximum absolute atomic E-state index is 12.5. The highest BCUT2D eigenvalue weighted by molar-refractivity contribution is 5.79. The maximum atomic E-state index is 12.5. The SMILES string of the molecule is CCn1cnnc1C1CCN(C(=O)Cc2cccc(OC)c2)CC1. The van der Waals surface area contributed by atoms with Crippen LogP contribution in [-0.2, 0) is 17.8 Å². The number of carbonyl (C=O) groups excluding carboxylic acids is 1. The van der Waals surface area contributed by atoms with Crippen LogP contribution in [0.5, 0.6) is 5.75 Å². The number of piperidine rings is 1. The van der Waals surface area contributed by atoms with E-state index >= 15 is 0 Å². The number of hydrogen-bond acceptors (Lipinski definition) is 4. The van der Waals surface area contributed by atoms with Crippen LogP contribution in [0.3, 0.4) is 0 Å². The molecule has 128 valence electrons. The Kier molecular flexibility index (Phi) is 5.13. The lowest BCUT2D eigenvalue weighted by Crippen LogP contribution is -2.39. The van der Waals surface area contributed by atoms with Gasteiger partial charge in [0, 0.05) is 25.6 Å². The smallest absolute Gasteiger partial charge is 0.226 e. The highest BCUT2D eigenvalue weighted by Crippen LogP contribution is 2.27. The van der Waals surface area contributed by atoms with Crippen molar-refractivity contribution in [2.45, 2.75) is 38.6 Å². The van der Waals surface area contributed by atoms with E-state index in [1.54, 1.807) is 13.4 Å². The number of ether oxygens (including phenoxy) is 1. The second-order valence-electron chi connectivity index (χ2n) is 6.16. The van der Waals surface area contributed by atoms with Crippen molar-refractivity contribution >= 4 is 5.91 Å². The summed E-state index contributed by atoms with van der Waals surface area (Å²) in [6, 6.07) is 7.71. The number of carbonyl (C=O) groups is 1. The third-order valence-corrected chi connectivity index (χ3v) is 4.69. The number of benzene rings is 1. The summed E-state index contributed by atoms with van der Waals surface area (Å²) in [6.07, 6.45) is 4.10. The molecule has 0 atom stereocenters. The molecule has 0 spiro atoms. The maximum Gasteiger partial charge on any atom is 0.226 e. The fourth-order valence-corrected chi connectivity index (χ4v) is 3.28. The predicted octanol–water partition coefficient (Wildman–Crippen LogP) is 2.26. The van der Waals surface area contributed by atoms with Crippen LogP contribution in [0, 0.1) is 0 Å². The molecule has 0 unspecified atom stereocenters. The van der Waals surface area contributed by atoms with E-state index in [1.165, 1.54) is 0 Å². The Labute approximate surface area is 142 Å². The molecule has 1 aliphatic rings. The first-order valence-corrected chi connectivity index (χ1v) is 8.49. The average molecular weight is 328 g/mol. The summed E-state index contributed by atoms with van der Waals surface area (Å²) in [7, 11) is 1.64. The minimum absolute atomic E-state index is 0.179. The summed E-state index contributed by atoms with van der Waals surface area (Å²) in [6.45, 7) is 4.55. The van der Waals surface area contributed by atoms with Crippen molar-refractivity contribution in [3.8, 4) is 5.75 Å². The van der Waals surface area contributed by atoms with Crippen molar-refractivity contribution in [1.29, 1.82) is 0 Å². The Bertz CT molecular complexity index is 690. The van der Waals surface area contributed by atoms with Crippen LogP contribution >= 0.6 is 0 Å². The van der Waals surface area contributed by atoms with E-state index in [0.717, 1.165) is 49.6 Å². The lowest BCUT2D eigenvalue weighted by molar-refractivity contribution is -0.131. The average Bonchev–Trinajstić information content (AvgIpc) is 3.10. The zero-order valence-corrected chi connectivity index (χ0v) is 14.3. The zero-order chi connectivity index (χ0) is 16.9. The van der Waals surface area contributed by atoms with Crippen LogP contribution in [0.4, 0.5) is 0 Å². The van der Waals surface area contributed by atoms with Crippen molar-refractivity contribution in [2.75, 3.05) is 20.2 Å². The van der Waals surface area contributed by atoms with Crippen molar-refractivity contribution in [3.05, 3.63) is 42.0 Å². The molecule has 1 aromatic heterocycles. The zero-order valence-electron chi connectivity index (χ0n) is 14.3. The molecule has 1 aliphatic heterocycles. The Morgan fingerprint density at radius 1 is 1.33 bits per heavy atom. The minimum Gasteiger partial charge on any atom is -0.497 e. The normalized spacial score (nSPS) is 15.5. The largest absolute Gasteiger partial charge is 0.497 e. The van der Waals surface area contributed by atoms with E-state index in [4.69, 9.17) is 4.74 Å². The molecule has 1 aromatic carbocycles. The number of nitrogens with zero attached hydrogens (tertiary/aromatic N) is 4. The van der Waals surface area contributed by atoms with E-state index in [0.29, 0.717) is 12.3 Å². The minimum atomic E-state index is 0.179. The first-order chi connectivity index (χ1) is 11.7. The first-order valence-electron chi connectivity index (χ1n) is 8.49. The van der Waals surface area contributed by atoms with E-state index < -0.39 is 0 Å². The van der Waals surface area contributed by atoms with Crippen molar-refractivity contribution in [1.82, 2.24) is 19.7 Å². The van der Waals surface area contributed by atoms with Gasteiger partial charge in [0.05, 0.1) is 13.5 Å². The summed E-state index contributed by atoms with van der Waals surface area (Å²) in [4.78, 5) is 14.5. The van der Waals surface area contributed by atoms with E-state index in [1.807, 2.05) is 29.2 Å². The van der Waals surface area contributed by atoms with Gasteiger partial charge in [-0.2, -0.15) is 0 Å². The second kappa shape index (κ2) is 7.47. The third-order valence-electron chi connectivity index (χ3n) is 4.69. The molecular formula is C18H24N4O2. The van der Waals surface area contributed by atoms with Crippen LogP contribution in [-0.4, -0.2) is 45.8 Å². The Morgan fingerprint density at radius 3 is 2.83 bits per heavy atom. The van der Waals surface area contributed by atoms with Gasteiger partial charge in [0.15, 0.2) is 0 Å². The van der Waals surface area contributed by atoms with Crippen LogP contribution in [0.2, 0.25) is 0 Å². The molecule has 6 heteroatoms. The molecule has 2 aromatic rings.